The quantitative estimate of drug-likeness (QED) is 0.806. The van der Waals surface area contributed by atoms with Gasteiger partial charge in [-0.2, -0.15) is 0 Å². The number of benzene rings is 1. The predicted molar refractivity (Wildman–Crippen MR) is 82.1 cm³/mol. The van der Waals surface area contributed by atoms with Crippen LogP contribution in [0.5, 0.6) is 0 Å². The van der Waals surface area contributed by atoms with Crippen molar-refractivity contribution in [1.82, 2.24) is 10.2 Å². The fourth-order valence-corrected chi connectivity index (χ4v) is 2.15. The third kappa shape index (κ3) is 5.19. The molecule has 1 aromatic rings. The SMILES string of the molecule is Cc1ccccc1C(C)NC(=O)C(C)N(C)CCC(=O)O. The summed E-state index contributed by atoms with van der Waals surface area (Å²) in [7, 11) is 1.76. The van der Waals surface area contributed by atoms with Crippen LogP contribution in [0, 0.1) is 6.92 Å². The number of likely N-dealkylation sites (N-methyl/N-ethyl adjacent to an activating group) is 1. The fourth-order valence-electron chi connectivity index (χ4n) is 2.15. The van der Waals surface area contributed by atoms with Crippen LogP contribution >= 0.6 is 0 Å². The molecule has 0 bridgehead atoms. The summed E-state index contributed by atoms with van der Waals surface area (Å²) < 4.78 is 0. The van der Waals surface area contributed by atoms with Gasteiger partial charge in [0.25, 0.3) is 0 Å². The Kier molecular flexibility index (Phi) is 6.37. The average molecular weight is 292 g/mol. The van der Waals surface area contributed by atoms with Crippen molar-refractivity contribution in [2.24, 2.45) is 0 Å². The van der Waals surface area contributed by atoms with E-state index in [0.717, 1.165) is 11.1 Å². The third-order valence-electron chi connectivity index (χ3n) is 3.73. The maximum Gasteiger partial charge on any atom is 0.304 e. The van der Waals surface area contributed by atoms with Gasteiger partial charge in [-0.05, 0) is 38.9 Å². The van der Waals surface area contributed by atoms with Crippen molar-refractivity contribution < 1.29 is 14.7 Å². The molecule has 0 aromatic heterocycles. The van der Waals surface area contributed by atoms with Crippen molar-refractivity contribution >= 4 is 11.9 Å². The molecule has 1 amide bonds. The van der Waals surface area contributed by atoms with Crippen LogP contribution in [0.4, 0.5) is 0 Å². The summed E-state index contributed by atoms with van der Waals surface area (Å²) in [5.41, 5.74) is 2.23. The molecule has 0 heterocycles. The Morgan fingerprint density at radius 2 is 1.90 bits per heavy atom. The van der Waals surface area contributed by atoms with E-state index >= 15 is 0 Å². The summed E-state index contributed by atoms with van der Waals surface area (Å²) >= 11 is 0. The summed E-state index contributed by atoms with van der Waals surface area (Å²) in [5, 5.41) is 11.7. The van der Waals surface area contributed by atoms with E-state index in [1.54, 1.807) is 18.9 Å². The number of nitrogens with zero attached hydrogens (tertiary/aromatic N) is 1. The van der Waals surface area contributed by atoms with Crippen LogP contribution in [0.25, 0.3) is 0 Å². The molecule has 5 nitrogen and oxygen atoms in total. The van der Waals surface area contributed by atoms with Gasteiger partial charge in [0.1, 0.15) is 0 Å². The molecule has 0 fully saturated rings. The second-order valence-corrected chi connectivity index (χ2v) is 5.39. The van der Waals surface area contributed by atoms with Gasteiger partial charge >= 0.3 is 5.97 Å². The Morgan fingerprint density at radius 1 is 1.29 bits per heavy atom. The Balaban J connectivity index is 2.59. The van der Waals surface area contributed by atoms with Crippen molar-refractivity contribution in [3.63, 3.8) is 0 Å². The van der Waals surface area contributed by atoms with Crippen LogP contribution in [-0.2, 0) is 9.59 Å². The monoisotopic (exact) mass is 292 g/mol. The van der Waals surface area contributed by atoms with Crippen molar-refractivity contribution in [1.29, 1.82) is 0 Å². The zero-order valence-electron chi connectivity index (χ0n) is 13.1. The Bertz CT molecular complexity index is 502. The van der Waals surface area contributed by atoms with Crippen LogP contribution in [-0.4, -0.2) is 41.5 Å². The first-order chi connectivity index (χ1) is 9.82. The van der Waals surface area contributed by atoms with E-state index in [4.69, 9.17) is 5.11 Å². The number of amides is 1. The number of nitrogens with one attached hydrogen (secondary N) is 1. The lowest BCUT2D eigenvalue weighted by atomic mass is 10.0. The van der Waals surface area contributed by atoms with Gasteiger partial charge in [0.05, 0.1) is 18.5 Å². The molecule has 0 spiro atoms. The molecule has 116 valence electrons. The maximum absolute atomic E-state index is 12.2. The molecule has 21 heavy (non-hydrogen) atoms. The third-order valence-corrected chi connectivity index (χ3v) is 3.73. The molecule has 2 atom stereocenters. The fraction of sp³-hybridized carbons (Fsp3) is 0.500. The molecule has 0 saturated heterocycles. The molecule has 0 aliphatic rings. The Morgan fingerprint density at radius 3 is 2.48 bits per heavy atom. The number of hydrogen-bond acceptors (Lipinski definition) is 3. The average Bonchev–Trinajstić information content (AvgIpc) is 2.44. The van der Waals surface area contributed by atoms with Gasteiger partial charge in [0.15, 0.2) is 0 Å². The summed E-state index contributed by atoms with van der Waals surface area (Å²) in [5.74, 6) is -0.957. The largest absolute Gasteiger partial charge is 0.481 e. The zero-order valence-corrected chi connectivity index (χ0v) is 13.1. The van der Waals surface area contributed by atoms with E-state index in [-0.39, 0.29) is 24.4 Å². The molecule has 1 aromatic carbocycles. The number of aryl methyl sites for hydroxylation is 1. The van der Waals surface area contributed by atoms with Crippen molar-refractivity contribution in [3.05, 3.63) is 35.4 Å². The number of hydrogen-bond donors (Lipinski definition) is 2. The van der Waals surface area contributed by atoms with Gasteiger partial charge in [-0.3, -0.25) is 14.5 Å². The van der Waals surface area contributed by atoms with Crippen LogP contribution in [0.2, 0.25) is 0 Å². The van der Waals surface area contributed by atoms with E-state index < -0.39 is 5.97 Å². The molecule has 0 saturated carbocycles. The summed E-state index contributed by atoms with van der Waals surface area (Å²) in [6.45, 7) is 6.09. The highest BCUT2D eigenvalue weighted by molar-refractivity contribution is 5.81. The topological polar surface area (TPSA) is 69.6 Å². The van der Waals surface area contributed by atoms with Crippen LogP contribution < -0.4 is 5.32 Å². The van der Waals surface area contributed by atoms with Crippen molar-refractivity contribution in [3.8, 4) is 0 Å². The minimum absolute atomic E-state index is 0.0292. The Labute approximate surface area is 126 Å². The standard InChI is InChI=1S/C16H24N2O3/c1-11-7-5-6-8-14(11)12(2)17-16(21)13(3)18(4)10-9-15(19)20/h5-8,12-13H,9-10H2,1-4H3,(H,17,21)(H,19,20). The molecule has 2 N–H and O–H groups in total. The lowest BCUT2D eigenvalue weighted by Gasteiger charge is -2.25. The maximum atomic E-state index is 12.2. The first-order valence-corrected chi connectivity index (χ1v) is 7.11. The highest BCUT2D eigenvalue weighted by Gasteiger charge is 2.20. The molecule has 1 rings (SSSR count). The first kappa shape index (κ1) is 17.2. The number of carboxylic acid groups (broad SMARTS) is 1. The number of carbonyl (C=O) groups is 2. The number of carboxylic acids is 1. The number of rotatable bonds is 7. The second kappa shape index (κ2) is 7.78. The molecule has 0 aliphatic heterocycles. The van der Waals surface area contributed by atoms with Gasteiger partial charge in [0, 0.05) is 6.54 Å². The van der Waals surface area contributed by atoms with E-state index in [9.17, 15) is 9.59 Å². The highest BCUT2D eigenvalue weighted by atomic mass is 16.4. The molecular formula is C16H24N2O3. The van der Waals surface area contributed by atoms with Crippen LogP contribution in [0.1, 0.15) is 37.4 Å². The molecule has 5 heteroatoms. The van der Waals surface area contributed by atoms with Gasteiger partial charge in [0.2, 0.25) is 5.91 Å². The molecule has 0 radical (unpaired) electrons. The van der Waals surface area contributed by atoms with Gasteiger partial charge in [-0.25, -0.2) is 0 Å². The lowest BCUT2D eigenvalue weighted by molar-refractivity contribution is -0.138. The number of carbonyl (C=O) groups excluding carboxylic acids is 1. The summed E-state index contributed by atoms with van der Waals surface area (Å²) in [4.78, 5) is 24.5. The normalized spacial score (nSPS) is 13.8. The smallest absolute Gasteiger partial charge is 0.304 e. The van der Waals surface area contributed by atoms with Crippen molar-refractivity contribution in [2.45, 2.75) is 39.3 Å². The van der Waals surface area contributed by atoms with E-state index in [2.05, 4.69) is 5.32 Å². The highest BCUT2D eigenvalue weighted by Crippen LogP contribution is 2.16. The first-order valence-electron chi connectivity index (χ1n) is 7.11. The summed E-state index contributed by atoms with van der Waals surface area (Å²) in [6.07, 6.45) is 0.0292. The minimum Gasteiger partial charge on any atom is -0.481 e. The van der Waals surface area contributed by atoms with Crippen LogP contribution in [0.3, 0.4) is 0 Å². The predicted octanol–water partition coefficient (Wildman–Crippen LogP) is 1.97. The van der Waals surface area contributed by atoms with Crippen molar-refractivity contribution in [2.75, 3.05) is 13.6 Å². The van der Waals surface area contributed by atoms with Gasteiger partial charge in [-0.15, -0.1) is 0 Å². The number of aliphatic carboxylic acids is 1. The molecular weight excluding hydrogens is 268 g/mol. The van der Waals surface area contributed by atoms with Gasteiger partial charge < -0.3 is 10.4 Å². The molecule has 0 aliphatic carbocycles. The lowest BCUT2D eigenvalue weighted by Crippen LogP contribution is -2.44. The Hall–Kier alpha value is -1.88. The summed E-state index contributed by atoms with van der Waals surface area (Å²) in [6, 6.07) is 7.49. The zero-order chi connectivity index (χ0) is 16.0. The van der Waals surface area contributed by atoms with Gasteiger partial charge in [-0.1, -0.05) is 24.3 Å². The molecule has 2 unspecified atom stereocenters. The second-order valence-electron chi connectivity index (χ2n) is 5.39. The van der Waals surface area contributed by atoms with E-state index in [1.165, 1.54) is 0 Å². The minimum atomic E-state index is -0.859. The van der Waals surface area contributed by atoms with Crippen LogP contribution in [0.15, 0.2) is 24.3 Å². The van der Waals surface area contributed by atoms with E-state index in [0.29, 0.717) is 6.54 Å². The van der Waals surface area contributed by atoms with E-state index in [1.807, 2.05) is 38.1 Å².